The van der Waals surface area contributed by atoms with Gasteiger partial charge in [0.05, 0.1) is 0 Å². The van der Waals surface area contributed by atoms with Crippen LogP contribution in [0, 0.1) is 0 Å². The smallest absolute Gasteiger partial charge is 0.387 e. The Hall–Kier alpha value is -2.08. The number of aromatic nitrogens is 1. The van der Waals surface area contributed by atoms with Crippen molar-refractivity contribution in [2.45, 2.75) is 17.6 Å². The summed E-state index contributed by atoms with van der Waals surface area (Å²) in [5, 5.41) is 0.587. The predicted molar refractivity (Wildman–Crippen MR) is 76.6 cm³/mol. The molecule has 0 aliphatic heterocycles. The van der Waals surface area contributed by atoms with E-state index in [4.69, 9.17) is 4.42 Å². The lowest BCUT2D eigenvalue weighted by molar-refractivity contribution is -0.0498. The third kappa shape index (κ3) is 3.52. The van der Waals surface area contributed by atoms with Crippen LogP contribution in [0.3, 0.4) is 0 Å². The number of alkyl halides is 2. The van der Waals surface area contributed by atoms with Crippen LogP contribution in [-0.2, 0) is 5.75 Å². The van der Waals surface area contributed by atoms with Crippen molar-refractivity contribution in [2.24, 2.45) is 0 Å². The number of para-hydroxylation sites is 2. The molecule has 0 amide bonds. The van der Waals surface area contributed by atoms with Gasteiger partial charge in [0.2, 0.25) is 0 Å². The molecule has 0 atom stereocenters. The van der Waals surface area contributed by atoms with Gasteiger partial charge in [-0.3, -0.25) is 0 Å². The summed E-state index contributed by atoms with van der Waals surface area (Å²) in [6.07, 6.45) is 0. The molecule has 108 valence electrons. The van der Waals surface area contributed by atoms with Crippen LogP contribution in [0.15, 0.2) is 58.2 Å². The maximum atomic E-state index is 12.0. The van der Waals surface area contributed by atoms with Crippen LogP contribution < -0.4 is 4.74 Å². The first-order valence-corrected chi connectivity index (χ1v) is 7.21. The molecule has 0 aliphatic rings. The number of hydrogen-bond acceptors (Lipinski definition) is 4. The Morgan fingerprint density at radius 2 is 1.86 bits per heavy atom. The van der Waals surface area contributed by atoms with Crippen molar-refractivity contribution in [2.75, 3.05) is 0 Å². The standard InChI is InChI=1S/C15H11F2NO2S/c16-14(17)19-11-7-5-10(6-8-11)9-21-15-18-12-3-1-2-4-13(12)20-15/h1-8,14H,9H2. The van der Waals surface area contributed by atoms with Crippen molar-refractivity contribution in [1.29, 1.82) is 0 Å². The van der Waals surface area contributed by atoms with Gasteiger partial charge in [-0.15, -0.1) is 0 Å². The van der Waals surface area contributed by atoms with E-state index < -0.39 is 6.61 Å². The van der Waals surface area contributed by atoms with Gasteiger partial charge in [-0.05, 0) is 29.8 Å². The third-order valence-corrected chi connectivity index (χ3v) is 3.68. The Kier molecular flexibility index (Phi) is 4.06. The van der Waals surface area contributed by atoms with Crippen molar-refractivity contribution in [3.8, 4) is 5.75 Å². The Labute approximate surface area is 123 Å². The molecule has 0 spiro atoms. The predicted octanol–water partition coefficient (Wildman–Crippen LogP) is 4.72. The highest BCUT2D eigenvalue weighted by molar-refractivity contribution is 7.98. The summed E-state index contributed by atoms with van der Waals surface area (Å²) in [7, 11) is 0. The zero-order valence-corrected chi connectivity index (χ0v) is 11.6. The molecule has 0 N–H and O–H groups in total. The van der Waals surface area contributed by atoms with E-state index in [2.05, 4.69) is 9.72 Å². The molecule has 0 saturated heterocycles. The van der Waals surface area contributed by atoms with Crippen molar-refractivity contribution in [1.82, 2.24) is 4.98 Å². The first-order valence-electron chi connectivity index (χ1n) is 6.23. The average Bonchev–Trinajstić information content (AvgIpc) is 2.89. The van der Waals surface area contributed by atoms with E-state index >= 15 is 0 Å². The number of rotatable bonds is 5. The number of fused-ring (bicyclic) bond motifs is 1. The highest BCUT2D eigenvalue weighted by Crippen LogP contribution is 2.26. The van der Waals surface area contributed by atoms with Crippen LogP contribution in [0.5, 0.6) is 5.75 Å². The van der Waals surface area contributed by atoms with Gasteiger partial charge in [-0.25, -0.2) is 4.98 Å². The summed E-state index contributed by atoms with van der Waals surface area (Å²) in [5.74, 6) is 0.794. The Bertz CT molecular complexity index is 695. The molecule has 0 radical (unpaired) electrons. The van der Waals surface area contributed by atoms with Crippen LogP contribution in [0.25, 0.3) is 11.1 Å². The van der Waals surface area contributed by atoms with Crippen molar-refractivity contribution in [3.05, 3.63) is 54.1 Å². The Morgan fingerprint density at radius 1 is 1.10 bits per heavy atom. The molecule has 0 fully saturated rings. The van der Waals surface area contributed by atoms with Gasteiger partial charge in [-0.1, -0.05) is 36.0 Å². The van der Waals surface area contributed by atoms with E-state index in [0.29, 0.717) is 11.0 Å². The maximum absolute atomic E-state index is 12.0. The highest BCUT2D eigenvalue weighted by atomic mass is 32.2. The Morgan fingerprint density at radius 3 is 2.57 bits per heavy atom. The molecule has 6 heteroatoms. The van der Waals surface area contributed by atoms with Gasteiger partial charge < -0.3 is 9.15 Å². The van der Waals surface area contributed by atoms with Crippen molar-refractivity contribution in [3.63, 3.8) is 0 Å². The number of thioether (sulfide) groups is 1. The molecule has 0 saturated carbocycles. The average molecular weight is 307 g/mol. The Balaban J connectivity index is 1.64. The van der Waals surface area contributed by atoms with E-state index in [1.165, 1.54) is 23.9 Å². The lowest BCUT2D eigenvalue weighted by Gasteiger charge is -2.04. The van der Waals surface area contributed by atoms with E-state index in [1.807, 2.05) is 24.3 Å². The molecule has 3 rings (SSSR count). The zero-order valence-electron chi connectivity index (χ0n) is 10.8. The summed E-state index contributed by atoms with van der Waals surface area (Å²) in [6.45, 7) is -2.80. The molecule has 2 aromatic carbocycles. The summed E-state index contributed by atoms with van der Waals surface area (Å²) in [6, 6.07) is 14.1. The minimum atomic E-state index is -2.80. The zero-order chi connectivity index (χ0) is 14.7. The monoisotopic (exact) mass is 307 g/mol. The molecule has 21 heavy (non-hydrogen) atoms. The van der Waals surface area contributed by atoms with E-state index in [1.54, 1.807) is 12.1 Å². The van der Waals surface area contributed by atoms with Gasteiger partial charge in [0.15, 0.2) is 5.58 Å². The fourth-order valence-electron chi connectivity index (χ4n) is 1.82. The molecule has 3 nitrogen and oxygen atoms in total. The topological polar surface area (TPSA) is 35.3 Å². The van der Waals surface area contributed by atoms with Crippen LogP contribution in [0.4, 0.5) is 8.78 Å². The molecule has 1 aromatic heterocycles. The second kappa shape index (κ2) is 6.13. The molecular weight excluding hydrogens is 296 g/mol. The number of benzene rings is 2. The van der Waals surface area contributed by atoms with Crippen LogP contribution >= 0.6 is 11.8 Å². The van der Waals surface area contributed by atoms with Gasteiger partial charge in [-0.2, -0.15) is 8.78 Å². The van der Waals surface area contributed by atoms with Gasteiger partial charge in [0.25, 0.3) is 5.22 Å². The van der Waals surface area contributed by atoms with Gasteiger partial charge >= 0.3 is 6.61 Å². The van der Waals surface area contributed by atoms with Crippen LogP contribution in [-0.4, -0.2) is 11.6 Å². The summed E-state index contributed by atoms with van der Waals surface area (Å²) in [5.41, 5.74) is 2.55. The van der Waals surface area contributed by atoms with Crippen molar-refractivity contribution >= 4 is 22.9 Å². The molecule has 0 aliphatic carbocycles. The molecule has 0 unspecified atom stereocenters. The molecule has 0 bridgehead atoms. The van der Waals surface area contributed by atoms with Crippen LogP contribution in [0.1, 0.15) is 5.56 Å². The fraction of sp³-hybridized carbons (Fsp3) is 0.133. The number of nitrogens with zero attached hydrogens (tertiary/aromatic N) is 1. The van der Waals surface area contributed by atoms with Crippen LogP contribution in [0.2, 0.25) is 0 Å². The summed E-state index contributed by atoms with van der Waals surface area (Å²) < 4.78 is 34.0. The number of halogens is 2. The van der Waals surface area contributed by atoms with E-state index in [9.17, 15) is 8.78 Å². The lowest BCUT2D eigenvalue weighted by Crippen LogP contribution is -2.01. The lowest BCUT2D eigenvalue weighted by atomic mass is 10.2. The molecule has 3 aromatic rings. The quantitative estimate of drug-likeness (QED) is 0.639. The summed E-state index contributed by atoms with van der Waals surface area (Å²) in [4.78, 5) is 4.36. The summed E-state index contributed by atoms with van der Waals surface area (Å²) >= 11 is 1.45. The van der Waals surface area contributed by atoms with Gasteiger partial charge in [0, 0.05) is 5.75 Å². The SMILES string of the molecule is FC(F)Oc1ccc(CSc2nc3ccccc3o2)cc1. The highest BCUT2D eigenvalue weighted by Gasteiger charge is 2.07. The minimum absolute atomic E-state index is 0.153. The second-order valence-electron chi connectivity index (χ2n) is 4.26. The number of hydrogen-bond donors (Lipinski definition) is 0. The normalized spacial score (nSPS) is 11.2. The first kappa shape index (κ1) is 13.9. The fourth-order valence-corrected chi connectivity index (χ4v) is 2.62. The molecular formula is C15H11F2NO2S. The van der Waals surface area contributed by atoms with Crippen molar-refractivity contribution < 1.29 is 17.9 Å². The van der Waals surface area contributed by atoms with Gasteiger partial charge in [0.1, 0.15) is 11.3 Å². The first-order chi connectivity index (χ1) is 10.2. The largest absolute Gasteiger partial charge is 0.435 e. The third-order valence-electron chi connectivity index (χ3n) is 2.79. The molecule has 1 heterocycles. The number of ether oxygens (including phenoxy) is 1. The number of oxazole rings is 1. The second-order valence-corrected chi connectivity index (χ2v) is 5.19. The maximum Gasteiger partial charge on any atom is 0.387 e. The van der Waals surface area contributed by atoms with E-state index in [-0.39, 0.29) is 5.75 Å². The minimum Gasteiger partial charge on any atom is -0.435 e. The van der Waals surface area contributed by atoms with E-state index in [0.717, 1.165) is 16.7 Å².